The van der Waals surface area contributed by atoms with Crippen LogP contribution in [0.15, 0.2) is 10.5 Å². The first-order valence-electron chi connectivity index (χ1n) is 7.39. The second-order valence-electron chi connectivity index (χ2n) is 5.50. The highest BCUT2D eigenvalue weighted by Gasteiger charge is 2.16. The molecule has 2 rings (SSSR count). The molecule has 0 atom stereocenters. The number of aryl methyl sites for hydroxylation is 1. The zero-order valence-corrected chi connectivity index (χ0v) is 12.3. The summed E-state index contributed by atoms with van der Waals surface area (Å²) in [5.41, 5.74) is 0.762. The van der Waals surface area contributed by atoms with E-state index in [-0.39, 0.29) is 18.2 Å². The molecule has 0 radical (unpaired) electrons. The second-order valence-corrected chi connectivity index (χ2v) is 5.50. The molecule has 0 saturated heterocycles. The van der Waals surface area contributed by atoms with Crippen molar-refractivity contribution >= 4 is 11.9 Å². The summed E-state index contributed by atoms with van der Waals surface area (Å²) in [4.78, 5) is 22.6. The minimum atomic E-state index is -1.08. The summed E-state index contributed by atoms with van der Waals surface area (Å²) in [5.74, 6) is -0.607. The van der Waals surface area contributed by atoms with E-state index in [0.29, 0.717) is 18.3 Å². The molecule has 21 heavy (non-hydrogen) atoms. The lowest BCUT2D eigenvalue weighted by atomic mass is 9.95. The topological polar surface area (TPSA) is 91.6 Å². The normalized spacial score (nSPS) is 15.9. The van der Waals surface area contributed by atoms with Crippen LogP contribution >= 0.6 is 0 Å². The van der Waals surface area contributed by atoms with Crippen LogP contribution in [-0.4, -0.2) is 29.6 Å². The molecule has 116 valence electrons. The van der Waals surface area contributed by atoms with Crippen molar-refractivity contribution in [3.8, 4) is 0 Å². The molecule has 1 aliphatic rings. The van der Waals surface area contributed by atoms with Gasteiger partial charge in [0.05, 0.1) is 6.54 Å². The van der Waals surface area contributed by atoms with Gasteiger partial charge >= 0.3 is 5.97 Å². The number of carboxylic acid groups (broad SMARTS) is 1. The number of nitrogens with one attached hydrogen (secondary N) is 2. The van der Waals surface area contributed by atoms with Gasteiger partial charge < -0.3 is 20.2 Å². The molecule has 6 heteroatoms. The van der Waals surface area contributed by atoms with Crippen LogP contribution < -0.4 is 10.6 Å². The van der Waals surface area contributed by atoms with Gasteiger partial charge in [0.1, 0.15) is 5.76 Å². The Bertz CT molecular complexity index is 504. The first-order valence-corrected chi connectivity index (χ1v) is 7.39. The van der Waals surface area contributed by atoms with Crippen molar-refractivity contribution in [3.05, 3.63) is 23.2 Å². The van der Waals surface area contributed by atoms with E-state index in [4.69, 9.17) is 9.52 Å². The van der Waals surface area contributed by atoms with Crippen molar-refractivity contribution in [3.63, 3.8) is 0 Å². The van der Waals surface area contributed by atoms with E-state index in [9.17, 15) is 9.59 Å². The Hall–Kier alpha value is -1.82. The first-order chi connectivity index (χ1) is 10.1. The number of hydrogen-bond donors (Lipinski definition) is 3. The van der Waals surface area contributed by atoms with Crippen molar-refractivity contribution in [1.82, 2.24) is 10.6 Å². The highest BCUT2D eigenvalue weighted by atomic mass is 16.4. The monoisotopic (exact) mass is 294 g/mol. The Morgan fingerprint density at radius 2 is 2.05 bits per heavy atom. The summed E-state index contributed by atoms with van der Waals surface area (Å²) in [6.07, 6.45) is 5.76. The van der Waals surface area contributed by atoms with E-state index < -0.39 is 5.97 Å². The second kappa shape index (κ2) is 7.26. The number of carbonyl (C=O) groups is 2. The number of carboxylic acids is 1. The zero-order chi connectivity index (χ0) is 15.2. The van der Waals surface area contributed by atoms with Crippen molar-refractivity contribution in [2.24, 2.45) is 0 Å². The van der Waals surface area contributed by atoms with Crippen molar-refractivity contribution < 1.29 is 19.1 Å². The van der Waals surface area contributed by atoms with Gasteiger partial charge in [-0.3, -0.25) is 4.79 Å². The lowest BCUT2D eigenvalue weighted by Gasteiger charge is -2.22. The third-order valence-corrected chi connectivity index (χ3v) is 3.80. The third kappa shape index (κ3) is 4.60. The van der Waals surface area contributed by atoms with Gasteiger partial charge in [0.15, 0.2) is 0 Å². The standard InChI is InChI=1S/C15H22N2O4/c1-10-11(7-13(21-10)15(19)20)8-16-9-14(18)17-12-5-3-2-4-6-12/h7,12,16H,2-6,8-9H2,1H3,(H,17,18)(H,19,20). The van der Waals surface area contributed by atoms with Gasteiger partial charge in [-0.05, 0) is 25.8 Å². The van der Waals surface area contributed by atoms with Crippen LogP contribution in [0.4, 0.5) is 0 Å². The summed E-state index contributed by atoms with van der Waals surface area (Å²) < 4.78 is 5.12. The summed E-state index contributed by atoms with van der Waals surface area (Å²) in [6, 6.07) is 1.80. The molecular formula is C15H22N2O4. The molecule has 0 aliphatic heterocycles. The van der Waals surface area contributed by atoms with E-state index in [0.717, 1.165) is 18.4 Å². The Labute approximate surface area is 123 Å². The van der Waals surface area contributed by atoms with Crippen LogP contribution in [0, 0.1) is 6.92 Å². The smallest absolute Gasteiger partial charge is 0.371 e. The predicted octanol–water partition coefficient (Wildman–Crippen LogP) is 1.82. The van der Waals surface area contributed by atoms with Crippen LogP contribution in [0.5, 0.6) is 0 Å². The molecule has 1 heterocycles. The van der Waals surface area contributed by atoms with E-state index >= 15 is 0 Å². The summed E-state index contributed by atoms with van der Waals surface area (Å²) >= 11 is 0. The molecule has 0 aromatic carbocycles. The lowest BCUT2D eigenvalue weighted by molar-refractivity contribution is -0.121. The van der Waals surface area contributed by atoms with Crippen LogP contribution in [0.2, 0.25) is 0 Å². The maximum atomic E-state index is 11.8. The van der Waals surface area contributed by atoms with Gasteiger partial charge in [0.2, 0.25) is 11.7 Å². The van der Waals surface area contributed by atoms with E-state index in [1.165, 1.54) is 25.3 Å². The SMILES string of the molecule is Cc1oc(C(=O)O)cc1CNCC(=O)NC1CCCCC1. The summed E-state index contributed by atoms with van der Waals surface area (Å²) in [7, 11) is 0. The van der Waals surface area contributed by atoms with Crippen molar-refractivity contribution in [2.75, 3.05) is 6.54 Å². The fraction of sp³-hybridized carbons (Fsp3) is 0.600. The molecule has 1 amide bonds. The Morgan fingerprint density at radius 1 is 1.33 bits per heavy atom. The molecule has 0 bridgehead atoms. The first kappa shape index (κ1) is 15.6. The molecule has 1 fully saturated rings. The average molecular weight is 294 g/mol. The molecule has 0 unspecified atom stereocenters. The fourth-order valence-electron chi connectivity index (χ4n) is 2.64. The molecule has 1 aromatic heterocycles. The van der Waals surface area contributed by atoms with Crippen LogP contribution in [0.3, 0.4) is 0 Å². The number of aromatic carboxylic acids is 1. The molecule has 1 saturated carbocycles. The van der Waals surface area contributed by atoms with Gasteiger partial charge in [-0.25, -0.2) is 4.79 Å². The van der Waals surface area contributed by atoms with Gasteiger partial charge in [-0.1, -0.05) is 19.3 Å². The minimum Gasteiger partial charge on any atom is -0.475 e. The van der Waals surface area contributed by atoms with E-state index in [1.54, 1.807) is 6.92 Å². The predicted molar refractivity (Wildman–Crippen MR) is 77.1 cm³/mol. The van der Waals surface area contributed by atoms with Crippen LogP contribution in [0.1, 0.15) is 54.0 Å². The van der Waals surface area contributed by atoms with Gasteiger partial charge in [-0.15, -0.1) is 0 Å². The number of carbonyl (C=O) groups excluding carboxylic acids is 1. The van der Waals surface area contributed by atoms with E-state index in [2.05, 4.69) is 10.6 Å². The van der Waals surface area contributed by atoms with Gasteiger partial charge in [0, 0.05) is 18.2 Å². The maximum Gasteiger partial charge on any atom is 0.371 e. The third-order valence-electron chi connectivity index (χ3n) is 3.80. The number of furan rings is 1. The summed E-state index contributed by atoms with van der Waals surface area (Å²) in [6.45, 7) is 2.36. The molecule has 6 nitrogen and oxygen atoms in total. The Morgan fingerprint density at radius 3 is 2.67 bits per heavy atom. The largest absolute Gasteiger partial charge is 0.475 e. The number of rotatable bonds is 6. The zero-order valence-electron chi connectivity index (χ0n) is 12.3. The van der Waals surface area contributed by atoms with Crippen molar-refractivity contribution in [1.29, 1.82) is 0 Å². The Kier molecular flexibility index (Phi) is 5.38. The summed E-state index contributed by atoms with van der Waals surface area (Å²) in [5, 5.41) is 14.9. The van der Waals surface area contributed by atoms with Crippen molar-refractivity contribution in [2.45, 2.75) is 51.6 Å². The molecule has 0 spiro atoms. The minimum absolute atomic E-state index is 0.0125. The lowest BCUT2D eigenvalue weighted by Crippen LogP contribution is -2.41. The van der Waals surface area contributed by atoms with E-state index in [1.807, 2.05) is 0 Å². The van der Waals surface area contributed by atoms with Crippen LogP contribution in [0.25, 0.3) is 0 Å². The highest BCUT2D eigenvalue weighted by molar-refractivity contribution is 5.84. The highest BCUT2D eigenvalue weighted by Crippen LogP contribution is 2.17. The fourth-order valence-corrected chi connectivity index (χ4v) is 2.64. The maximum absolute atomic E-state index is 11.8. The Balaban J connectivity index is 1.73. The number of amides is 1. The quantitative estimate of drug-likeness (QED) is 0.744. The number of hydrogen-bond acceptors (Lipinski definition) is 4. The molecular weight excluding hydrogens is 272 g/mol. The van der Waals surface area contributed by atoms with Gasteiger partial charge in [-0.2, -0.15) is 0 Å². The molecule has 1 aromatic rings. The molecule has 3 N–H and O–H groups in total. The molecule has 1 aliphatic carbocycles. The van der Waals surface area contributed by atoms with Gasteiger partial charge in [0.25, 0.3) is 0 Å². The van der Waals surface area contributed by atoms with Crippen LogP contribution in [-0.2, 0) is 11.3 Å². The average Bonchev–Trinajstić information content (AvgIpc) is 2.82.